The SMILES string of the molecule is CCC(CO)(CCCSc1nc(C)cs1)NC. The molecule has 2 N–H and O–H groups in total. The van der Waals surface area contributed by atoms with Crippen LogP contribution in [0.25, 0.3) is 0 Å². The summed E-state index contributed by atoms with van der Waals surface area (Å²) in [5.41, 5.74) is 1.00. The molecule has 0 amide bonds. The van der Waals surface area contributed by atoms with Gasteiger partial charge in [-0.05, 0) is 33.2 Å². The van der Waals surface area contributed by atoms with E-state index in [9.17, 15) is 5.11 Å². The van der Waals surface area contributed by atoms with Gasteiger partial charge in [0.25, 0.3) is 0 Å². The number of aliphatic hydroxyl groups is 1. The van der Waals surface area contributed by atoms with E-state index < -0.39 is 0 Å². The molecule has 0 fully saturated rings. The number of aliphatic hydroxyl groups excluding tert-OH is 1. The predicted octanol–water partition coefficient (Wildman–Crippen LogP) is 2.68. The Bertz CT molecular complexity index is 316. The first-order valence-electron chi connectivity index (χ1n) is 6.00. The molecule has 5 heteroatoms. The molecule has 1 atom stereocenters. The molecule has 1 aromatic rings. The van der Waals surface area contributed by atoms with Gasteiger partial charge in [-0.25, -0.2) is 4.98 Å². The van der Waals surface area contributed by atoms with Crippen molar-refractivity contribution in [2.24, 2.45) is 0 Å². The highest BCUT2D eigenvalue weighted by molar-refractivity contribution is 8.00. The van der Waals surface area contributed by atoms with Crippen molar-refractivity contribution in [2.45, 2.75) is 43.0 Å². The normalized spacial score (nSPS) is 14.8. The summed E-state index contributed by atoms with van der Waals surface area (Å²) in [4.78, 5) is 4.42. The molecule has 0 saturated carbocycles. The minimum atomic E-state index is -0.0979. The van der Waals surface area contributed by atoms with Crippen LogP contribution in [0.4, 0.5) is 0 Å². The van der Waals surface area contributed by atoms with Crippen molar-refractivity contribution in [3.05, 3.63) is 11.1 Å². The summed E-state index contributed by atoms with van der Waals surface area (Å²) in [5, 5.41) is 14.7. The van der Waals surface area contributed by atoms with Gasteiger partial charge in [-0.2, -0.15) is 0 Å². The number of hydrogen-bond acceptors (Lipinski definition) is 5. The van der Waals surface area contributed by atoms with Crippen molar-refractivity contribution in [3.8, 4) is 0 Å². The molecule has 0 aliphatic heterocycles. The standard InChI is InChI=1S/C12H22N2OS2/c1-4-12(9-15,13-3)6-5-7-16-11-14-10(2)8-17-11/h8,13,15H,4-7,9H2,1-3H3. The van der Waals surface area contributed by atoms with Crippen molar-refractivity contribution in [2.75, 3.05) is 19.4 Å². The van der Waals surface area contributed by atoms with Gasteiger partial charge in [0.05, 0.1) is 6.61 Å². The van der Waals surface area contributed by atoms with Crippen LogP contribution in [0, 0.1) is 6.92 Å². The van der Waals surface area contributed by atoms with Crippen LogP contribution in [0.1, 0.15) is 31.9 Å². The Hall–Kier alpha value is -0.100. The molecule has 0 saturated heterocycles. The van der Waals surface area contributed by atoms with Gasteiger partial charge in [0.2, 0.25) is 0 Å². The van der Waals surface area contributed by atoms with Crippen LogP contribution in [-0.4, -0.2) is 35.0 Å². The lowest BCUT2D eigenvalue weighted by molar-refractivity contribution is 0.154. The lowest BCUT2D eigenvalue weighted by Gasteiger charge is -2.30. The number of nitrogens with zero attached hydrogens (tertiary/aromatic N) is 1. The van der Waals surface area contributed by atoms with Crippen LogP contribution in [-0.2, 0) is 0 Å². The highest BCUT2D eigenvalue weighted by atomic mass is 32.2. The lowest BCUT2D eigenvalue weighted by atomic mass is 9.92. The van der Waals surface area contributed by atoms with Gasteiger partial charge in [-0.15, -0.1) is 11.3 Å². The summed E-state index contributed by atoms with van der Waals surface area (Å²) in [6.07, 6.45) is 3.06. The van der Waals surface area contributed by atoms with Gasteiger partial charge in [-0.3, -0.25) is 0 Å². The maximum Gasteiger partial charge on any atom is 0.150 e. The molecule has 1 aromatic heterocycles. The fourth-order valence-electron chi connectivity index (χ4n) is 1.72. The monoisotopic (exact) mass is 274 g/mol. The topological polar surface area (TPSA) is 45.2 Å². The molecule has 0 spiro atoms. The number of thiazole rings is 1. The fourth-order valence-corrected chi connectivity index (χ4v) is 3.58. The van der Waals surface area contributed by atoms with Crippen molar-refractivity contribution >= 4 is 23.1 Å². The molecule has 3 nitrogen and oxygen atoms in total. The van der Waals surface area contributed by atoms with E-state index in [2.05, 4.69) is 22.6 Å². The highest BCUT2D eigenvalue weighted by Gasteiger charge is 2.24. The van der Waals surface area contributed by atoms with E-state index in [1.807, 2.05) is 25.7 Å². The molecule has 0 bridgehead atoms. The zero-order valence-corrected chi connectivity index (χ0v) is 12.5. The number of likely N-dealkylation sites (N-methyl/N-ethyl adjacent to an activating group) is 1. The Morgan fingerprint density at radius 1 is 1.59 bits per heavy atom. The van der Waals surface area contributed by atoms with Gasteiger partial charge < -0.3 is 10.4 Å². The van der Waals surface area contributed by atoms with Gasteiger partial charge in [0.15, 0.2) is 0 Å². The fraction of sp³-hybridized carbons (Fsp3) is 0.750. The zero-order valence-electron chi connectivity index (χ0n) is 10.8. The summed E-state index contributed by atoms with van der Waals surface area (Å²) in [5.74, 6) is 1.07. The van der Waals surface area contributed by atoms with E-state index in [4.69, 9.17) is 0 Å². The van der Waals surface area contributed by atoms with E-state index in [-0.39, 0.29) is 12.1 Å². The number of nitrogens with one attached hydrogen (secondary N) is 1. The van der Waals surface area contributed by atoms with Crippen LogP contribution in [0.3, 0.4) is 0 Å². The third-order valence-corrected chi connectivity index (χ3v) is 5.36. The number of aromatic nitrogens is 1. The van der Waals surface area contributed by atoms with Crippen molar-refractivity contribution in [1.29, 1.82) is 0 Å². The zero-order chi connectivity index (χ0) is 12.7. The first kappa shape index (κ1) is 15.0. The minimum Gasteiger partial charge on any atom is -0.394 e. The second-order valence-electron chi connectivity index (χ2n) is 4.25. The Kier molecular flexibility index (Phi) is 6.48. The molecule has 0 radical (unpaired) electrons. The molecule has 1 unspecified atom stereocenters. The summed E-state index contributed by atoms with van der Waals surface area (Å²) in [7, 11) is 1.93. The Morgan fingerprint density at radius 3 is 2.82 bits per heavy atom. The molecule has 0 aliphatic carbocycles. The number of aryl methyl sites for hydroxylation is 1. The van der Waals surface area contributed by atoms with Gasteiger partial charge in [0.1, 0.15) is 4.34 Å². The third kappa shape index (κ3) is 4.58. The molecule has 1 rings (SSSR count). The van der Waals surface area contributed by atoms with Crippen LogP contribution in [0.2, 0.25) is 0 Å². The smallest absolute Gasteiger partial charge is 0.150 e. The average molecular weight is 274 g/mol. The highest BCUT2D eigenvalue weighted by Crippen LogP contribution is 2.25. The molecule has 98 valence electrons. The van der Waals surface area contributed by atoms with Crippen LogP contribution < -0.4 is 5.32 Å². The maximum atomic E-state index is 9.42. The number of thioether (sulfide) groups is 1. The van der Waals surface area contributed by atoms with E-state index in [0.29, 0.717) is 0 Å². The van der Waals surface area contributed by atoms with Gasteiger partial charge in [0, 0.05) is 22.4 Å². The molecule has 0 aliphatic rings. The molecule has 17 heavy (non-hydrogen) atoms. The number of hydrogen-bond donors (Lipinski definition) is 2. The lowest BCUT2D eigenvalue weighted by Crippen LogP contribution is -2.45. The maximum absolute atomic E-state index is 9.42. The van der Waals surface area contributed by atoms with Crippen LogP contribution in [0.15, 0.2) is 9.72 Å². The molecular formula is C12H22N2OS2. The predicted molar refractivity (Wildman–Crippen MR) is 76.0 cm³/mol. The van der Waals surface area contributed by atoms with E-state index >= 15 is 0 Å². The van der Waals surface area contributed by atoms with Crippen LogP contribution >= 0.6 is 23.1 Å². The average Bonchev–Trinajstić information content (AvgIpc) is 2.76. The van der Waals surface area contributed by atoms with Crippen molar-refractivity contribution < 1.29 is 5.11 Å². The second kappa shape index (κ2) is 7.36. The summed E-state index contributed by atoms with van der Waals surface area (Å²) in [6, 6.07) is 0. The first-order valence-corrected chi connectivity index (χ1v) is 7.87. The largest absolute Gasteiger partial charge is 0.394 e. The molecular weight excluding hydrogens is 252 g/mol. The van der Waals surface area contributed by atoms with E-state index in [1.165, 1.54) is 0 Å². The quantitative estimate of drug-likeness (QED) is 0.565. The third-order valence-electron chi connectivity index (χ3n) is 3.13. The summed E-state index contributed by atoms with van der Waals surface area (Å²) in [6.45, 7) is 4.35. The van der Waals surface area contributed by atoms with Crippen molar-refractivity contribution in [1.82, 2.24) is 10.3 Å². The van der Waals surface area contributed by atoms with Gasteiger partial charge >= 0.3 is 0 Å². The Balaban J connectivity index is 2.27. The van der Waals surface area contributed by atoms with E-state index in [1.54, 1.807) is 11.3 Å². The van der Waals surface area contributed by atoms with Crippen LogP contribution in [0.5, 0.6) is 0 Å². The Labute approximate surface area is 112 Å². The molecule has 1 heterocycles. The summed E-state index contributed by atoms with van der Waals surface area (Å²) < 4.78 is 1.15. The minimum absolute atomic E-state index is 0.0979. The van der Waals surface area contributed by atoms with Crippen molar-refractivity contribution in [3.63, 3.8) is 0 Å². The summed E-state index contributed by atoms with van der Waals surface area (Å²) >= 11 is 3.52. The Morgan fingerprint density at radius 2 is 2.35 bits per heavy atom. The number of rotatable bonds is 8. The molecule has 0 aromatic carbocycles. The van der Waals surface area contributed by atoms with E-state index in [0.717, 1.165) is 35.0 Å². The second-order valence-corrected chi connectivity index (χ2v) is 6.45. The van der Waals surface area contributed by atoms with Gasteiger partial charge in [-0.1, -0.05) is 18.7 Å². The first-order chi connectivity index (χ1) is 8.15.